The van der Waals surface area contributed by atoms with Gasteiger partial charge < -0.3 is 0 Å². The van der Waals surface area contributed by atoms with Crippen LogP contribution >= 0.6 is 0 Å². The molecule has 1 saturated heterocycles. The Morgan fingerprint density at radius 1 is 1.36 bits per heavy atom. The standard InChI is InChI=1S/C13H21N/c1-3-12-6-8-13(2,9-7-12)14-10-4-5-11-14/h6-8H,3-5,9-11H2,1-2H3. The van der Waals surface area contributed by atoms with Gasteiger partial charge in [-0.1, -0.05) is 30.7 Å². The minimum absolute atomic E-state index is 0.315. The summed E-state index contributed by atoms with van der Waals surface area (Å²) in [6.45, 7) is 7.18. The van der Waals surface area contributed by atoms with E-state index < -0.39 is 0 Å². The van der Waals surface area contributed by atoms with E-state index in [4.69, 9.17) is 0 Å². The summed E-state index contributed by atoms with van der Waals surface area (Å²) in [5.41, 5.74) is 1.82. The summed E-state index contributed by atoms with van der Waals surface area (Å²) >= 11 is 0. The van der Waals surface area contributed by atoms with Crippen LogP contribution < -0.4 is 0 Å². The SMILES string of the molecule is CCC1=CCC(C)(N2CCCC2)C=C1. The number of nitrogens with zero attached hydrogens (tertiary/aromatic N) is 1. The molecular formula is C13H21N. The molecule has 1 atom stereocenters. The molecule has 0 aromatic carbocycles. The summed E-state index contributed by atoms with van der Waals surface area (Å²) in [4.78, 5) is 2.63. The molecule has 1 unspecified atom stereocenters. The van der Waals surface area contributed by atoms with Crippen LogP contribution in [-0.4, -0.2) is 23.5 Å². The number of allylic oxidation sites excluding steroid dienone is 2. The third-order valence-electron chi connectivity index (χ3n) is 3.67. The highest BCUT2D eigenvalue weighted by molar-refractivity contribution is 5.28. The molecule has 0 aromatic rings. The van der Waals surface area contributed by atoms with Crippen molar-refractivity contribution in [2.24, 2.45) is 0 Å². The van der Waals surface area contributed by atoms with Crippen LogP contribution in [0.2, 0.25) is 0 Å². The van der Waals surface area contributed by atoms with Gasteiger partial charge in [-0.3, -0.25) is 4.90 Å². The van der Waals surface area contributed by atoms with Crippen molar-refractivity contribution in [2.75, 3.05) is 13.1 Å². The number of hydrogen-bond acceptors (Lipinski definition) is 1. The molecule has 1 aliphatic carbocycles. The molecule has 2 aliphatic rings. The summed E-state index contributed by atoms with van der Waals surface area (Å²) in [5, 5.41) is 0. The van der Waals surface area contributed by atoms with Crippen molar-refractivity contribution < 1.29 is 0 Å². The predicted molar refractivity (Wildman–Crippen MR) is 61.3 cm³/mol. The summed E-state index contributed by atoms with van der Waals surface area (Å²) < 4.78 is 0. The fourth-order valence-corrected chi connectivity index (χ4v) is 2.49. The van der Waals surface area contributed by atoms with Gasteiger partial charge in [0.1, 0.15) is 0 Å². The van der Waals surface area contributed by atoms with Crippen LogP contribution in [0.4, 0.5) is 0 Å². The Labute approximate surface area is 87.5 Å². The predicted octanol–water partition coefficient (Wildman–Crippen LogP) is 3.14. The molecule has 1 heterocycles. The second-order valence-electron chi connectivity index (χ2n) is 4.72. The van der Waals surface area contributed by atoms with Crippen molar-refractivity contribution in [3.8, 4) is 0 Å². The lowest BCUT2D eigenvalue weighted by molar-refractivity contribution is 0.185. The van der Waals surface area contributed by atoms with Gasteiger partial charge in [0, 0.05) is 5.54 Å². The first-order valence-corrected chi connectivity index (χ1v) is 5.88. The minimum atomic E-state index is 0.315. The Hall–Kier alpha value is -0.560. The van der Waals surface area contributed by atoms with E-state index in [1.54, 1.807) is 0 Å². The van der Waals surface area contributed by atoms with Gasteiger partial charge in [-0.05, 0) is 45.7 Å². The molecule has 1 fully saturated rings. The number of hydrogen-bond donors (Lipinski definition) is 0. The molecule has 1 heteroatoms. The zero-order chi connectivity index (χ0) is 10.0. The Morgan fingerprint density at radius 2 is 2.07 bits per heavy atom. The molecule has 1 aliphatic heterocycles. The summed E-state index contributed by atoms with van der Waals surface area (Å²) in [6.07, 6.45) is 12.3. The van der Waals surface area contributed by atoms with Crippen LogP contribution in [0.15, 0.2) is 23.8 Å². The molecule has 78 valence electrons. The fraction of sp³-hybridized carbons (Fsp3) is 0.692. The van der Waals surface area contributed by atoms with E-state index in [1.807, 2.05) is 0 Å². The Balaban J connectivity index is 2.05. The Morgan fingerprint density at radius 3 is 2.57 bits per heavy atom. The molecule has 0 N–H and O–H groups in total. The van der Waals surface area contributed by atoms with E-state index in [0.29, 0.717) is 5.54 Å². The molecular weight excluding hydrogens is 170 g/mol. The molecule has 1 nitrogen and oxygen atoms in total. The van der Waals surface area contributed by atoms with Gasteiger partial charge in [0.25, 0.3) is 0 Å². The van der Waals surface area contributed by atoms with E-state index >= 15 is 0 Å². The van der Waals surface area contributed by atoms with Gasteiger partial charge in [0.05, 0.1) is 0 Å². The van der Waals surface area contributed by atoms with E-state index in [0.717, 1.165) is 0 Å². The zero-order valence-corrected chi connectivity index (χ0v) is 9.42. The zero-order valence-electron chi connectivity index (χ0n) is 9.42. The quantitative estimate of drug-likeness (QED) is 0.648. The van der Waals surface area contributed by atoms with Crippen molar-refractivity contribution in [3.63, 3.8) is 0 Å². The maximum Gasteiger partial charge on any atom is 0.0400 e. The lowest BCUT2D eigenvalue weighted by Gasteiger charge is -2.37. The van der Waals surface area contributed by atoms with E-state index in [1.165, 1.54) is 44.3 Å². The van der Waals surface area contributed by atoms with Crippen molar-refractivity contribution in [1.82, 2.24) is 4.90 Å². The third-order valence-corrected chi connectivity index (χ3v) is 3.67. The first-order chi connectivity index (χ1) is 6.74. The van der Waals surface area contributed by atoms with Gasteiger partial charge in [-0.2, -0.15) is 0 Å². The van der Waals surface area contributed by atoms with Crippen LogP contribution in [0, 0.1) is 0 Å². The molecule has 0 amide bonds. The average Bonchev–Trinajstić information content (AvgIpc) is 2.72. The number of rotatable bonds is 2. The second kappa shape index (κ2) is 3.90. The molecule has 14 heavy (non-hydrogen) atoms. The first-order valence-electron chi connectivity index (χ1n) is 5.88. The minimum Gasteiger partial charge on any atom is -0.294 e. The van der Waals surface area contributed by atoms with Crippen molar-refractivity contribution in [3.05, 3.63) is 23.8 Å². The van der Waals surface area contributed by atoms with Crippen molar-refractivity contribution in [2.45, 2.75) is 45.1 Å². The lowest BCUT2D eigenvalue weighted by Crippen LogP contribution is -2.43. The largest absolute Gasteiger partial charge is 0.294 e. The highest BCUT2D eigenvalue weighted by Crippen LogP contribution is 2.30. The monoisotopic (exact) mass is 191 g/mol. The van der Waals surface area contributed by atoms with E-state index in [-0.39, 0.29) is 0 Å². The molecule has 0 bridgehead atoms. The van der Waals surface area contributed by atoms with Crippen LogP contribution in [0.5, 0.6) is 0 Å². The summed E-state index contributed by atoms with van der Waals surface area (Å²) in [5.74, 6) is 0. The lowest BCUT2D eigenvalue weighted by atomic mass is 9.88. The third kappa shape index (κ3) is 1.78. The average molecular weight is 191 g/mol. The number of likely N-dealkylation sites (tertiary alicyclic amines) is 1. The maximum atomic E-state index is 2.63. The summed E-state index contributed by atoms with van der Waals surface area (Å²) in [6, 6.07) is 0. The van der Waals surface area contributed by atoms with Crippen LogP contribution in [0.25, 0.3) is 0 Å². The molecule has 2 rings (SSSR count). The van der Waals surface area contributed by atoms with E-state index in [9.17, 15) is 0 Å². The molecule has 0 aromatic heterocycles. The molecule has 0 radical (unpaired) electrons. The summed E-state index contributed by atoms with van der Waals surface area (Å²) in [7, 11) is 0. The van der Waals surface area contributed by atoms with Gasteiger partial charge in [-0.25, -0.2) is 0 Å². The van der Waals surface area contributed by atoms with E-state index in [2.05, 4.69) is 37.0 Å². The maximum absolute atomic E-state index is 2.63. The second-order valence-corrected chi connectivity index (χ2v) is 4.72. The van der Waals surface area contributed by atoms with Gasteiger partial charge in [0.2, 0.25) is 0 Å². The topological polar surface area (TPSA) is 3.24 Å². The fourth-order valence-electron chi connectivity index (χ4n) is 2.49. The van der Waals surface area contributed by atoms with Crippen molar-refractivity contribution >= 4 is 0 Å². The van der Waals surface area contributed by atoms with Crippen LogP contribution in [0.1, 0.15) is 39.5 Å². The van der Waals surface area contributed by atoms with Crippen LogP contribution in [0.3, 0.4) is 0 Å². The van der Waals surface area contributed by atoms with Crippen molar-refractivity contribution in [1.29, 1.82) is 0 Å². The van der Waals surface area contributed by atoms with Gasteiger partial charge in [0.15, 0.2) is 0 Å². The molecule has 0 spiro atoms. The smallest absolute Gasteiger partial charge is 0.0400 e. The Kier molecular flexibility index (Phi) is 2.78. The first kappa shape index (κ1) is 9.97. The highest BCUT2D eigenvalue weighted by atomic mass is 15.2. The normalized spacial score (nSPS) is 33.4. The van der Waals surface area contributed by atoms with Crippen LogP contribution in [-0.2, 0) is 0 Å². The Bertz CT molecular complexity index is 258. The highest BCUT2D eigenvalue weighted by Gasteiger charge is 2.31. The van der Waals surface area contributed by atoms with Gasteiger partial charge in [-0.15, -0.1) is 0 Å². The van der Waals surface area contributed by atoms with Gasteiger partial charge >= 0.3 is 0 Å². The molecule has 0 saturated carbocycles.